The summed E-state index contributed by atoms with van der Waals surface area (Å²) in [6.07, 6.45) is 0. The lowest BCUT2D eigenvalue weighted by Crippen LogP contribution is -2.04. The fraction of sp³-hybridized carbons (Fsp3) is 1.00. The van der Waals surface area contributed by atoms with Crippen molar-refractivity contribution in [3.8, 4) is 0 Å². The SMILES string of the molecule is ICNCI. The molecule has 0 saturated heterocycles. The first-order valence-corrected chi connectivity index (χ1v) is 4.29. The molecule has 0 aromatic heterocycles. The second kappa shape index (κ2) is 5.42. The molecule has 0 heterocycles. The molecule has 0 spiro atoms. The summed E-state index contributed by atoms with van der Waals surface area (Å²) in [6, 6.07) is 0. The monoisotopic (exact) mass is 297 g/mol. The predicted molar refractivity (Wildman–Crippen MR) is 40.9 cm³/mol. The Morgan fingerprint density at radius 1 is 1.20 bits per heavy atom. The summed E-state index contributed by atoms with van der Waals surface area (Å²) in [5.74, 6) is 0. The molecule has 0 aromatic carbocycles. The molecule has 0 saturated carbocycles. The van der Waals surface area contributed by atoms with Crippen LogP contribution in [0, 0.1) is 0 Å². The molecule has 0 atom stereocenters. The zero-order valence-corrected chi connectivity index (χ0v) is 6.99. The van der Waals surface area contributed by atoms with Gasteiger partial charge in [0.15, 0.2) is 0 Å². The summed E-state index contributed by atoms with van der Waals surface area (Å²) in [5.41, 5.74) is 0. The molecule has 0 bridgehead atoms. The molecule has 5 heavy (non-hydrogen) atoms. The summed E-state index contributed by atoms with van der Waals surface area (Å²) < 4.78 is 2.11. The van der Waals surface area contributed by atoms with Crippen LogP contribution in [0.2, 0.25) is 0 Å². The van der Waals surface area contributed by atoms with Crippen molar-refractivity contribution < 1.29 is 0 Å². The number of hydrogen-bond donors (Lipinski definition) is 1. The molecule has 1 N–H and O–H groups in total. The molecule has 0 fully saturated rings. The number of halogens is 2. The van der Waals surface area contributed by atoms with Gasteiger partial charge in [-0.3, -0.25) is 5.32 Å². The van der Waals surface area contributed by atoms with Gasteiger partial charge in [0.2, 0.25) is 0 Å². The lowest BCUT2D eigenvalue weighted by atomic mass is 11.3. The zero-order valence-electron chi connectivity index (χ0n) is 2.67. The normalized spacial score (nSPS) is 8.40. The molecule has 0 rings (SSSR count). The molecule has 0 aliphatic rings. The fourth-order valence-corrected chi connectivity index (χ4v) is 1.61. The van der Waals surface area contributed by atoms with Crippen molar-refractivity contribution >= 4 is 45.2 Å². The highest BCUT2D eigenvalue weighted by Gasteiger charge is 1.66. The van der Waals surface area contributed by atoms with Crippen molar-refractivity contribution in [2.24, 2.45) is 0 Å². The van der Waals surface area contributed by atoms with Gasteiger partial charge in [-0.1, -0.05) is 45.2 Å². The average Bonchev–Trinajstić information content (AvgIpc) is 1.41. The Kier molecular flexibility index (Phi) is 6.96. The van der Waals surface area contributed by atoms with Crippen LogP contribution in [0.1, 0.15) is 0 Å². The topological polar surface area (TPSA) is 12.0 Å². The van der Waals surface area contributed by atoms with Gasteiger partial charge in [-0.05, 0) is 0 Å². The standard InChI is InChI=1S/C2H5I2N/c3-1-5-2-4/h5H,1-2H2. The van der Waals surface area contributed by atoms with Crippen molar-refractivity contribution in [2.75, 3.05) is 9.10 Å². The van der Waals surface area contributed by atoms with Crippen LogP contribution in [-0.2, 0) is 0 Å². The Balaban J connectivity index is 2.19. The van der Waals surface area contributed by atoms with E-state index in [0.29, 0.717) is 0 Å². The second-order valence-electron chi connectivity index (χ2n) is 0.517. The van der Waals surface area contributed by atoms with Gasteiger partial charge in [-0.25, -0.2) is 0 Å². The van der Waals surface area contributed by atoms with Crippen LogP contribution >= 0.6 is 45.2 Å². The minimum Gasteiger partial charge on any atom is -0.299 e. The maximum absolute atomic E-state index is 3.08. The van der Waals surface area contributed by atoms with Crippen molar-refractivity contribution in [1.82, 2.24) is 5.32 Å². The molecule has 0 amide bonds. The van der Waals surface area contributed by atoms with E-state index in [9.17, 15) is 0 Å². The van der Waals surface area contributed by atoms with E-state index >= 15 is 0 Å². The fourth-order valence-electron chi connectivity index (χ4n) is 0.0357. The van der Waals surface area contributed by atoms with E-state index in [1.807, 2.05) is 0 Å². The third kappa shape index (κ3) is 5.42. The van der Waals surface area contributed by atoms with E-state index in [4.69, 9.17) is 0 Å². The Hall–Kier alpha value is 1.42. The van der Waals surface area contributed by atoms with Crippen molar-refractivity contribution in [3.63, 3.8) is 0 Å². The first kappa shape index (κ1) is 6.42. The Morgan fingerprint density at radius 3 is 1.60 bits per heavy atom. The first-order valence-electron chi connectivity index (χ1n) is 1.24. The first-order chi connectivity index (χ1) is 2.41. The van der Waals surface area contributed by atoms with Gasteiger partial charge >= 0.3 is 0 Å². The van der Waals surface area contributed by atoms with Crippen LogP contribution in [-0.4, -0.2) is 9.10 Å². The molecular weight excluding hydrogens is 292 g/mol. The summed E-state index contributed by atoms with van der Waals surface area (Å²) in [4.78, 5) is 0. The molecule has 3 heteroatoms. The average molecular weight is 297 g/mol. The molecule has 0 aromatic rings. The molecule has 0 unspecified atom stereocenters. The van der Waals surface area contributed by atoms with Gasteiger partial charge in [0.1, 0.15) is 0 Å². The number of hydrogen-bond acceptors (Lipinski definition) is 1. The lowest BCUT2D eigenvalue weighted by molar-refractivity contribution is 0.989. The predicted octanol–water partition coefficient (Wildman–Crippen LogP) is 1.36. The van der Waals surface area contributed by atoms with E-state index < -0.39 is 0 Å². The van der Waals surface area contributed by atoms with E-state index in [1.54, 1.807) is 0 Å². The third-order valence-electron chi connectivity index (χ3n) is 0.189. The van der Waals surface area contributed by atoms with Gasteiger partial charge < -0.3 is 0 Å². The highest BCUT2D eigenvalue weighted by Crippen LogP contribution is 1.76. The van der Waals surface area contributed by atoms with Gasteiger partial charge in [0.25, 0.3) is 0 Å². The van der Waals surface area contributed by atoms with E-state index in [0.717, 1.165) is 9.10 Å². The van der Waals surface area contributed by atoms with Crippen molar-refractivity contribution in [1.29, 1.82) is 0 Å². The highest BCUT2D eigenvalue weighted by molar-refractivity contribution is 14.1. The lowest BCUT2D eigenvalue weighted by Gasteiger charge is -1.83. The van der Waals surface area contributed by atoms with Gasteiger partial charge in [0, 0.05) is 9.10 Å². The molecule has 0 aliphatic heterocycles. The number of nitrogens with one attached hydrogen (secondary N) is 1. The highest BCUT2D eigenvalue weighted by atomic mass is 127. The summed E-state index contributed by atoms with van der Waals surface area (Å²) in [6.45, 7) is 0. The molecule has 0 radical (unpaired) electrons. The smallest absolute Gasteiger partial charge is 0.0485 e. The van der Waals surface area contributed by atoms with Crippen LogP contribution in [0.3, 0.4) is 0 Å². The van der Waals surface area contributed by atoms with Crippen LogP contribution in [0.4, 0.5) is 0 Å². The molecular formula is C2H5I2N. The van der Waals surface area contributed by atoms with Crippen LogP contribution in [0.15, 0.2) is 0 Å². The summed E-state index contributed by atoms with van der Waals surface area (Å²) >= 11 is 4.54. The minimum atomic E-state index is 1.06. The van der Waals surface area contributed by atoms with E-state index in [2.05, 4.69) is 50.5 Å². The second-order valence-corrected chi connectivity index (χ2v) is 2.04. The zero-order chi connectivity index (χ0) is 4.12. The molecule has 1 nitrogen and oxygen atoms in total. The summed E-state index contributed by atoms with van der Waals surface area (Å²) in [5, 5.41) is 3.08. The largest absolute Gasteiger partial charge is 0.299 e. The van der Waals surface area contributed by atoms with E-state index in [-0.39, 0.29) is 0 Å². The Morgan fingerprint density at radius 2 is 1.60 bits per heavy atom. The van der Waals surface area contributed by atoms with Gasteiger partial charge in [0.05, 0.1) is 0 Å². The van der Waals surface area contributed by atoms with Crippen LogP contribution < -0.4 is 5.32 Å². The number of alkyl halides is 2. The summed E-state index contributed by atoms with van der Waals surface area (Å²) in [7, 11) is 0. The van der Waals surface area contributed by atoms with Crippen molar-refractivity contribution in [3.05, 3.63) is 0 Å². The Bertz CT molecular complexity index is 15.1. The Labute approximate surface area is 59.2 Å². The molecule has 0 aliphatic carbocycles. The van der Waals surface area contributed by atoms with E-state index in [1.165, 1.54) is 0 Å². The quantitative estimate of drug-likeness (QED) is 0.461. The van der Waals surface area contributed by atoms with Crippen LogP contribution in [0.25, 0.3) is 0 Å². The van der Waals surface area contributed by atoms with Crippen molar-refractivity contribution in [2.45, 2.75) is 0 Å². The van der Waals surface area contributed by atoms with Crippen LogP contribution in [0.5, 0.6) is 0 Å². The third-order valence-corrected chi connectivity index (χ3v) is 1.27. The van der Waals surface area contributed by atoms with Gasteiger partial charge in [-0.15, -0.1) is 0 Å². The molecule has 32 valence electrons. The van der Waals surface area contributed by atoms with Gasteiger partial charge in [-0.2, -0.15) is 0 Å². The maximum Gasteiger partial charge on any atom is 0.0485 e. The minimum absolute atomic E-state index is 1.06. The number of rotatable bonds is 2. The maximum atomic E-state index is 3.08.